The highest BCUT2D eigenvalue weighted by Crippen LogP contribution is 2.50. The zero-order valence-corrected chi connectivity index (χ0v) is 12.6. The molecule has 2 bridgehead atoms. The van der Waals surface area contributed by atoms with Crippen LogP contribution in [0.25, 0.3) is 11.4 Å². The molecule has 1 aliphatic carbocycles. The number of benzene rings is 1. The van der Waals surface area contributed by atoms with Gasteiger partial charge in [-0.1, -0.05) is 29.8 Å². The molecule has 0 amide bonds. The van der Waals surface area contributed by atoms with Gasteiger partial charge in [-0.15, -0.1) is 10.2 Å². The van der Waals surface area contributed by atoms with E-state index in [1.54, 1.807) is 0 Å². The minimum atomic E-state index is -0.310. The summed E-state index contributed by atoms with van der Waals surface area (Å²) < 4.78 is 6.12. The first kappa shape index (κ1) is 12.9. The molecule has 3 heterocycles. The molecule has 0 radical (unpaired) electrons. The van der Waals surface area contributed by atoms with Gasteiger partial charge in [0, 0.05) is 11.5 Å². The van der Waals surface area contributed by atoms with Crippen molar-refractivity contribution in [3.8, 4) is 11.4 Å². The third kappa shape index (κ3) is 1.89. The summed E-state index contributed by atoms with van der Waals surface area (Å²) in [5.41, 5.74) is 3.98. The fourth-order valence-corrected chi connectivity index (χ4v) is 3.55. The van der Waals surface area contributed by atoms with Gasteiger partial charge in [0.05, 0.1) is 11.8 Å². The van der Waals surface area contributed by atoms with E-state index < -0.39 is 0 Å². The van der Waals surface area contributed by atoms with Crippen LogP contribution in [0.15, 0.2) is 24.3 Å². The molecule has 2 aliphatic heterocycles. The molecule has 2 aromatic rings. The van der Waals surface area contributed by atoms with E-state index >= 15 is 0 Å². The zero-order valence-electron chi connectivity index (χ0n) is 12.6. The number of nitrogens with zero attached hydrogens (tertiary/aromatic N) is 3. The fourth-order valence-electron chi connectivity index (χ4n) is 3.55. The van der Waals surface area contributed by atoms with Crippen molar-refractivity contribution >= 4 is 0 Å². The summed E-state index contributed by atoms with van der Waals surface area (Å²) in [7, 11) is 0. The molecule has 0 N–H and O–H groups in total. The van der Waals surface area contributed by atoms with Gasteiger partial charge in [0.25, 0.3) is 0 Å². The van der Waals surface area contributed by atoms with Crippen LogP contribution in [0.2, 0.25) is 0 Å². The van der Waals surface area contributed by atoms with Crippen LogP contribution in [-0.4, -0.2) is 21.3 Å². The van der Waals surface area contributed by atoms with Crippen LogP contribution in [0.5, 0.6) is 0 Å². The SMILES string of the molecule is Cc1ccc(-c2nnc3c(n2)C2CCC3(C)OC2C)cc1. The van der Waals surface area contributed by atoms with Crippen LogP contribution in [-0.2, 0) is 10.3 Å². The minimum Gasteiger partial charge on any atom is -0.365 e. The van der Waals surface area contributed by atoms with Gasteiger partial charge in [0.15, 0.2) is 5.82 Å². The third-order valence-corrected chi connectivity index (χ3v) is 4.82. The molecule has 1 aromatic carbocycles. The predicted octanol–water partition coefficient (Wildman–Crippen LogP) is 3.36. The van der Waals surface area contributed by atoms with Crippen molar-refractivity contribution < 1.29 is 4.74 Å². The lowest BCUT2D eigenvalue weighted by Crippen LogP contribution is -2.46. The number of hydrogen-bond donors (Lipinski definition) is 0. The van der Waals surface area contributed by atoms with E-state index in [1.165, 1.54) is 5.56 Å². The number of hydrogen-bond acceptors (Lipinski definition) is 4. The molecule has 1 fully saturated rings. The Hall–Kier alpha value is -1.81. The number of ether oxygens (including phenoxy) is 1. The predicted molar refractivity (Wildman–Crippen MR) is 79.9 cm³/mol. The lowest BCUT2D eigenvalue weighted by Gasteiger charge is -2.47. The quantitative estimate of drug-likeness (QED) is 0.804. The minimum absolute atomic E-state index is 0.207. The second-order valence-corrected chi connectivity index (χ2v) is 6.43. The summed E-state index contributed by atoms with van der Waals surface area (Å²) in [6.07, 6.45) is 2.34. The topological polar surface area (TPSA) is 47.9 Å². The van der Waals surface area contributed by atoms with Crippen LogP contribution >= 0.6 is 0 Å². The maximum Gasteiger partial charge on any atom is 0.182 e. The molecule has 3 unspecified atom stereocenters. The van der Waals surface area contributed by atoms with E-state index in [4.69, 9.17) is 9.72 Å². The monoisotopic (exact) mass is 281 g/mol. The van der Waals surface area contributed by atoms with Gasteiger partial charge in [-0.2, -0.15) is 0 Å². The Morgan fingerprint density at radius 1 is 1.19 bits per heavy atom. The Labute approximate surface area is 124 Å². The molecule has 108 valence electrons. The first-order valence-corrected chi connectivity index (χ1v) is 7.57. The van der Waals surface area contributed by atoms with Crippen molar-refractivity contribution in [2.45, 2.75) is 51.2 Å². The number of rotatable bonds is 1. The molecule has 4 heteroatoms. The highest BCUT2D eigenvalue weighted by atomic mass is 16.5. The lowest BCUT2D eigenvalue weighted by atomic mass is 9.74. The Morgan fingerprint density at radius 3 is 2.67 bits per heavy atom. The first-order valence-electron chi connectivity index (χ1n) is 7.57. The van der Waals surface area contributed by atoms with E-state index in [-0.39, 0.29) is 11.7 Å². The summed E-state index contributed by atoms with van der Waals surface area (Å²) in [5.74, 6) is 1.07. The summed E-state index contributed by atoms with van der Waals surface area (Å²) in [5, 5.41) is 8.81. The molecule has 1 aromatic heterocycles. The molecular formula is C17H19N3O. The van der Waals surface area contributed by atoms with E-state index in [1.807, 2.05) is 0 Å². The average Bonchev–Trinajstić information content (AvgIpc) is 2.47. The third-order valence-electron chi connectivity index (χ3n) is 4.82. The maximum atomic E-state index is 6.12. The second-order valence-electron chi connectivity index (χ2n) is 6.43. The lowest BCUT2D eigenvalue weighted by molar-refractivity contribution is -0.145. The van der Waals surface area contributed by atoms with Crippen LogP contribution in [0, 0.1) is 6.92 Å². The highest BCUT2D eigenvalue weighted by molar-refractivity contribution is 5.55. The van der Waals surface area contributed by atoms with Crippen molar-refractivity contribution in [3.63, 3.8) is 0 Å². The van der Waals surface area contributed by atoms with Gasteiger partial charge >= 0.3 is 0 Å². The van der Waals surface area contributed by atoms with Crippen molar-refractivity contribution in [2.24, 2.45) is 0 Å². The van der Waals surface area contributed by atoms with E-state index in [0.29, 0.717) is 5.92 Å². The van der Waals surface area contributed by atoms with E-state index in [0.717, 1.165) is 35.6 Å². The molecule has 0 spiro atoms. The average molecular weight is 281 g/mol. The summed E-state index contributed by atoms with van der Waals surface area (Å²) in [4.78, 5) is 4.84. The highest BCUT2D eigenvalue weighted by Gasteiger charge is 2.49. The van der Waals surface area contributed by atoms with Crippen molar-refractivity contribution in [1.29, 1.82) is 0 Å². The Bertz CT molecular complexity index is 698. The van der Waals surface area contributed by atoms with E-state index in [9.17, 15) is 0 Å². The summed E-state index contributed by atoms with van der Waals surface area (Å²) in [6.45, 7) is 6.33. The second kappa shape index (κ2) is 4.34. The molecule has 21 heavy (non-hydrogen) atoms. The molecular weight excluding hydrogens is 262 g/mol. The number of aryl methyl sites for hydroxylation is 1. The molecule has 3 aliphatic rings. The maximum absolute atomic E-state index is 6.12. The zero-order chi connectivity index (χ0) is 14.6. The standard InChI is InChI=1S/C17H19N3O/c1-10-4-6-12(7-5-10)16-18-14-13-8-9-17(3,21-11(13)2)15(14)19-20-16/h4-7,11,13H,8-9H2,1-3H3. The molecule has 1 saturated heterocycles. The number of aromatic nitrogens is 3. The van der Waals surface area contributed by atoms with Gasteiger partial charge in [0.1, 0.15) is 11.3 Å². The number of fused-ring (bicyclic) bond motifs is 2. The van der Waals surface area contributed by atoms with Gasteiger partial charge in [0.2, 0.25) is 0 Å². The molecule has 3 atom stereocenters. The van der Waals surface area contributed by atoms with Gasteiger partial charge in [-0.3, -0.25) is 0 Å². The Balaban J connectivity index is 1.83. The van der Waals surface area contributed by atoms with Gasteiger partial charge in [-0.25, -0.2) is 4.98 Å². The molecule has 4 nitrogen and oxygen atoms in total. The van der Waals surface area contributed by atoms with Crippen molar-refractivity contribution in [3.05, 3.63) is 41.2 Å². The van der Waals surface area contributed by atoms with Crippen LogP contribution in [0.3, 0.4) is 0 Å². The first-order chi connectivity index (χ1) is 10.1. The Kier molecular flexibility index (Phi) is 2.67. The largest absolute Gasteiger partial charge is 0.365 e. The van der Waals surface area contributed by atoms with Crippen LogP contribution in [0.4, 0.5) is 0 Å². The van der Waals surface area contributed by atoms with Crippen LogP contribution < -0.4 is 0 Å². The molecule has 0 saturated carbocycles. The fraction of sp³-hybridized carbons (Fsp3) is 0.471. The van der Waals surface area contributed by atoms with E-state index in [2.05, 4.69) is 55.2 Å². The summed E-state index contributed by atoms with van der Waals surface area (Å²) >= 11 is 0. The molecule has 5 rings (SSSR count). The van der Waals surface area contributed by atoms with Crippen molar-refractivity contribution in [2.75, 3.05) is 0 Å². The van der Waals surface area contributed by atoms with Crippen molar-refractivity contribution in [1.82, 2.24) is 15.2 Å². The van der Waals surface area contributed by atoms with Crippen LogP contribution in [0.1, 0.15) is 49.6 Å². The summed E-state index contributed by atoms with van der Waals surface area (Å²) in [6, 6.07) is 8.28. The Morgan fingerprint density at radius 2 is 1.95 bits per heavy atom. The van der Waals surface area contributed by atoms with Gasteiger partial charge < -0.3 is 4.74 Å². The smallest absolute Gasteiger partial charge is 0.182 e. The van der Waals surface area contributed by atoms with Gasteiger partial charge in [-0.05, 0) is 33.6 Å². The normalized spacial score (nSPS) is 30.2.